The molecular formula is C24H28N4OS2. The Labute approximate surface area is 191 Å². The first-order chi connectivity index (χ1) is 15.2. The summed E-state index contributed by atoms with van der Waals surface area (Å²) in [5.41, 5.74) is 2.32. The minimum atomic E-state index is -0.202. The number of thiophene rings is 1. The van der Waals surface area contributed by atoms with Gasteiger partial charge in [-0.3, -0.25) is 4.79 Å². The van der Waals surface area contributed by atoms with E-state index >= 15 is 0 Å². The average molecular weight is 453 g/mol. The summed E-state index contributed by atoms with van der Waals surface area (Å²) < 4.78 is 2.35. The summed E-state index contributed by atoms with van der Waals surface area (Å²) in [6.45, 7) is 2.77. The minimum absolute atomic E-state index is 0.160. The van der Waals surface area contributed by atoms with Crippen molar-refractivity contribution in [3.8, 4) is 0 Å². The molecule has 0 N–H and O–H groups in total. The molecule has 1 aliphatic heterocycles. The molecule has 2 aliphatic rings. The van der Waals surface area contributed by atoms with E-state index in [1.54, 1.807) is 23.1 Å². The Morgan fingerprint density at radius 2 is 2.00 bits per heavy atom. The van der Waals surface area contributed by atoms with Crippen molar-refractivity contribution in [2.45, 2.75) is 68.3 Å². The Bertz CT molecular complexity index is 1040. The molecule has 5 nitrogen and oxygen atoms in total. The summed E-state index contributed by atoms with van der Waals surface area (Å²) in [4.78, 5) is 16.6. The maximum absolute atomic E-state index is 13.3. The van der Waals surface area contributed by atoms with Gasteiger partial charge in [0.2, 0.25) is 5.91 Å². The number of nitrogens with zero attached hydrogens (tertiary/aromatic N) is 4. The predicted octanol–water partition coefficient (Wildman–Crippen LogP) is 5.51. The van der Waals surface area contributed by atoms with Gasteiger partial charge in [0.05, 0.1) is 5.25 Å². The minimum Gasteiger partial charge on any atom is -0.311 e. The lowest BCUT2D eigenvalue weighted by Gasteiger charge is -2.26. The molecule has 0 radical (unpaired) electrons. The van der Waals surface area contributed by atoms with Crippen LogP contribution in [0.2, 0.25) is 0 Å². The zero-order chi connectivity index (χ0) is 21.2. The molecule has 1 amide bonds. The highest BCUT2D eigenvalue weighted by Gasteiger charge is 2.31. The van der Waals surface area contributed by atoms with E-state index in [1.165, 1.54) is 42.5 Å². The molecule has 1 fully saturated rings. The number of carbonyl (C=O) groups excluding carboxylic acids is 1. The van der Waals surface area contributed by atoms with Crippen LogP contribution < -0.4 is 4.90 Å². The second-order valence-corrected chi connectivity index (χ2v) is 10.8. The molecule has 2 aromatic heterocycles. The Morgan fingerprint density at radius 1 is 1.16 bits per heavy atom. The van der Waals surface area contributed by atoms with E-state index in [0.29, 0.717) is 6.04 Å². The summed E-state index contributed by atoms with van der Waals surface area (Å²) in [5.74, 6) is 1.19. The van der Waals surface area contributed by atoms with E-state index in [4.69, 9.17) is 0 Å². The van der Waals surface area contributed by atoms with Crippen molar-refractivity contribution >= 4 is 34.7 Å². The third-order valence-electron chi connectivity index (χ3n) is 6.37. The van der Waals surface area contributed by atoms with E-state index in [2.05, 4.69) is 44.4 Å². The van der Waals surface area contributed by atoms with Crippen LogP contribution in [0, 0.1) is 0 Å². The smallest absolute Gasteiger partial charge is 0.240 e. The van der Waals surface area contributed by atoms with Crippen LogP contribution in [-0.2, 0) is 17.6 Å². The van der Waals surface area contributed by atoms with Crippen molar-refractivity contribution in [3.05, 3.63) is 58.0 Å². The number of hydrogen-bond donors (Lipinski definition) is 0. The Kier molecular flexibility index (Phi) is 6.14. The van der Waals surface area contributed by atoms with Crippen LogP contribution in [0.1, 0.15) is 61.3 Å². The lowest BCUT2D eigenvalue weighted by atomic mass is 9.95. The van der Waals surface area contributed by atoms with Gasteiger partial charge in [-0.05, 0) is 49.3 Å². The first kappa shape index (κ1) is 20.8. The average Bonchev–Trinajstić information content (AvgIpc) is 3.54. The molecule has 0 spiro atoms. The molecule has 1 unspecified atom stereocenters. The molecular weight excluding hydrogens is 424 g/mol. The fourth-order valence-electron chi connectivity index (χ4n) is 4.78. The molecule has 3 aromatic rings. The number of thioether (sulfide) groups is 1. The van der Waals surface area contributed by atoms with Crippen LogP contribution in [0.3, 0.4) is 0 Å². The molecule has 1 aromatic carbocycles. The number of aromatic nitrogens is 3. The molecule has 5 rings (SSSR count). The number of carbonyl (C=O) groups is 1. The zero-order valence-electron chi connectivity index (χ0n) is 17.9. The summed E-state index contributed by atoms with van der Waals surface area (Å²) >= 11 is 3.33. The number of anilines is 1. The normalized spacial score (nSPS) is 17.6. The lowest BCUT2D eigenvalue weighted by molar-refractivity contribution is -0.117. The standard InChI is InChI=1S/C24H28N4OS2/c1-17(23(29)27-14-13-18-8-5-6-12-21(18)27)31-24-26-25-22(16-20-11-7-15-30-20)28(24)19-9-3-2-4-10-19/h5-8,11-12,15,17,19H,2-4,9-10,13-14,16H2,1H3. The SMILES string of the molecule is CC(Sc1nnc(Cc2cccs2)n1C1CCCCC1)C(=O)N1CCc2ccccc21. The largest absolute Gasteiger partial charge is 0.311 e. The van der Waals surface area contributed by atoms with Crippen LogP contribution in [0.4, 0.5) is 5.69 Å². The van der Waals surface area contributed by atoms with Gasteiger partial charge in [-0.25, -0.2) is 0 Å². The van der Waals surface area contributed by atoms with Gasteiger partial charge in [-0.15, -0.1) is 21.5 Å². The van der Waals surface area contributed by atoms with E-state index in [9.17, 15) is 4.79 Å². The Hall–Kier alpha value is -2.12. The maximum Gasteiger partial charge on any atom is 0.240 e. The van der Waals surface area contributed by atoms with Gasteiger partial charge in [0, 0.05) is 29.6 Å². The van der Waals surface area contributed by atoms with E-state index in [1.807, 2.05) is 24.0 Å². The summed E-state index contributed by atoms with van der Waals surface area (Å²) in [6.07, 6.45) is 7.90. The highest BCUT2D eigenvalue weighted by Crippen LogP contribution is 2.36. The molecule has 7 heteroatoms. The van der Waals surface area contributed by atoms with Crippen molar-refractivity contribution in [2.75, 3.05) is 11.4 Å². The fourth-order valence-corrected chi connectivity index (χ4v) is 6.48. The Balaban J connectivity index is 1.38. The van der Waals surface area contributed by atoms with Gasteiger partial charge < -0.3 is 9.47 Å². The maximum atomic E-state index is 13.3. The van der Waals surface area contributed by atoms with Crippen molar-refractivity contribution in [3.63, 3.8) is 0 Å². The molecule has 3 heterocycles. The molecule has 162 valence electrons. The van der Waals surface area contributed by atoms with Gasteiger partial charge in [0.15, 0.2) is 5.16 Å². The van der Waals surface area contributed by atoms with Crippen LogP contribution in [0.5, 0.6) is 0 Å². The second-order valence-electron chi connectivity index (χ2n) is 8.45. The summed E-state index contributed by atoms with van der Waals surface area (Å²) in [6, 6.07) is 12.9. The highest BCUT2D eigenvalue weighted by atomic mass is 32.2. The van der Waals surface area contributed by atoms with Gasteiger partial charge in [0.25, 0.3) is 0 Å². The molecule has 1 atom stereocenters. The second kappa shape index (κ2) is 9.17. The van der Waals surface area contributed by atoms with Gasteiger partial charge >= 0.3 is 0 Å². The predicted molar refractivity (Wildman–Crippen MR) is 127 cm³/mol. The van der Waals surface area contributed by atoms with E-state index in [-0.39, 0.29) is 11.2 Å². The summed E-state index contributed by atoms with van der Waals surface area (Å²) in [5, 5.41) is 12.0. The Morgan fingerprint density at radius 3 is 2.81 bits per heavy atom. The first-order valence-corrected chi connectivity index (χ1v) is 13.0. The third kappa shape index (κ3) is 4.30. The van der Waals surface area contributed by atoms with Crippen molar-refractivity contribution in [1.29, 1.82) is 0 Å². The number of para-hydroxylation sites is 1. The quantitative estimate of drug-likeness (QED) is 0.463. The monoisotopic (exact) mass is 452 g/mol. The molecule has 0 bridgehead atoms. The third-order valence-corrected chi connectivity index (χ3v) is 8.29. The number of amides is 1. The zero-order valence-corrected chi connectivity index (χ0v) is 19.5. The van der Waals surface area contributed by atoms with Gasteiger partial charge in [-0.1, -0.05) is 55.3 Å². The molecule has 1 saturated carbocycles. The first-order valence-electron chi connectivity index (χ1n) is 11.2. The topological polar surface area (TPSA) is 51.0 Å². The molecule has 0 saturated heterocycles. The van der Waals surface area contributed by atoms with Crippen LogP contribution in [0.15, 0.2) is 46.9 Å². The fraction of sp³-hybridized carbons (Fsp3) is 0.458. The van der Waals surface area contributed by atoms with Crippen LogP contribution >= 0.6 is 23.1 Å². The highest BCUT2D eigenvalue weighted by molar-refractivity contribution is 8.00. The van der Waals surface area contributed by atoms with Gasteiger partial charge in [0.1, 0.15) is 5.82 Å². The van der Waals surface area contributed by atoms with Crippen molar-refractivity contribution < 1.29 is 4.79 Å². The number of rotatable bonds is 6. The summed E-state index contributed by atoms with van der Waals surface area (Å²) in [7, 11) is 0. The number of benzene rings is 1. The number of hydrogen-bond acceptors (Lipinski definition) is 5. The van der Waals surface area contributed by atoms with E-state index in [0.717, 1.165) is 36.1 Å². The lowest BCUT2D eigenvalue weighted by Crippen LogP contribution is -2.35. The van der Waals surface area contributed by atoms with Crippen LogP contribution in [-0.4, -0.2) is 32.5 Å². The number of fused-ring (bicyclic) bond motifs is 1. The van der Waals surface area contributed by atoms with E-state index < -0.39 is 0 Å². The van der Waals surface area contributed by atoms with Crippen LogP contribution in [0.25, 0.3) is 0 Å². The molecule has 31 heavy (non-hydrogen) atoms. The van der Waals surface area contributed by atoms with Crippen molar-refractivity contribution in [2.24, 2.45) is 0 Å². The van der Waals surface area contributed by atoms with Crippen molar-refractivity contribution in [1.82, 2.24) is 14.8 Å². The van der Waals surface area contributed by atoms with Gasteiger partial charge in [-0.2, -0.15) is 0 Å². The molecule has 1 aliphatic carbocycles.